The number of esters is 1. The maximum absolute atomic E-state index is 13.2. The molecule has 2 aliphatic rings. The van der Waals surface area contributed by atoms with Crippen LogP contribution in [0.3, 0.4) is 0 Å². The molecule has 35 heavy (non-hydrogen) atoms. The van der Waals surface area contributed by atoms with Gasteiger partial charge in [0.25, 0.3) is 5.91 Å². The van der Waals surface area contributed by atoms with E-state index in [-0.39, 0.29) is 23.2 Å². The second-order valence-corrected chi connectivity index (χ2v) is 11.0. The zero-order chi connectivity index (χ0) is 26.1. The van der Waals surface area contributed by atoms with Crippen LogP contribution in [0.2, 0.25) is 0 Å². The number of benzene rings is 1. The zero-order valence-electron chi connectivity index (χ0n) is 21.3. The van der Waals surface area contributed by atoms with Gasteiger partial charge in [0.05, 0.1) is 0 Å². The zero-order valence-corrected chi connectivity index (χ0v) is 21.3. The third kappa shape index (κ3) is 5.89. The van der Waals surface area contributed by atoms with Crippen molar-refractivity contribution in [3.8, 4) is 0 Å². The maximum atomic E-state index is 13.2. The van der Waals surface area contributed by atoms with E-state index in [0.29, 0.717) is 24.1 Å². The molecular formula is C26H35N3O6. The van der Waals surface area contributed by atoms with Crippen LogP contribution in [0, 0.1) is 17.3 Å². The van der Waals surface area contributed by atoms with Crippen LogP contribution in [0.1, 0.15) is 71.2 Å². The highest BCUT2D eigenvalue weighted by atomic mass is 16.5. The van der Waals surface area contributed by atoms with Crippen LogP contribution in [0.4, 0.5) is 10.5 Å². The Morgan fingerprint density at radius 3 is 2.31 bits per heavy atom. The van der Waals surface area contributed by atoms with Crippen LogP contribution in [-0.2, 0) is 19.1 Å². The summed E-state index contributed by atoms with van der Waals surface area (Å²) < 4.78 is 5.26. The van der Waals surface area contributed by atoms with E-state index in [1.54, 1.807) is 26.0 Å². The Kier molecular flexibility index (Phi) is 7.38. The minimum atomic E-state index is -1.11. The fraction of sp³-hybridized carbons (Fsp3) is 0.577. The highest BCUT2D eigenvalue weighted by Gasteiger charge is 2.56. The molecule has 1 aliphatic carbocycles. The number of Topliss-reactive ketones (excluding diaryl/α,β-unsaturated/α-hetero) is 1. The van der Waals surface area contributed by atoms with Crippen LogP contribution in [0.25, 0.3) is 0 Å². The molecule has 1 spiro atoms. The third-order valence-electron chi connectivity index (χ3n) is 6.55. The lowest BCUT2D eigenvalue weighted by molar-refractivity contribution is -0.150. The fourth-order valence-corrected chi connectivity index (χ4v) is 5.31. The molecular weight excluding hydrogens is 450 g/mol. The molecule has 4 amide bonds. The summed E-state index contributed by atoms with van der Waals surface area (Å²) in [5.41, 5.74) is -0.268. The number of nitrogens with zero attached hydrogens (tertiary/aromatic N) is 1. The molecule has 1 aromatic carbocycles. The summed E-state index contributed by atoms with van der Waals surface area (Å²) in [7, 11) is 0. The van der Waals surface area contributed by atoms with Gasteiger partial charge in [0, 0.05) is 17.2 Å². The van der Waals surface area contributed by atoms with Gasteiger partial charge in [-0.3, -0.25) is 24.1 Å². The second kappa shape index (κ2) is 9.79. The lowest BCUT2D eigenvalue weighted by atomic mass is 9.64. The van der Waals surface area contributed by atoms with E-state index in [2.05, 4.69) is 31.4 Å². The minimum Gasteiger partial charge on any atom is -0.453 e. The minimum absolute atomic E-state index is 0.120. The highest BCUT2D eigenvalue weighted by molar-refractivity contribution is 6.09. The summed E-state index contributed by atoms with van der Waals surface area (Å²) in [6.45, 7) is 10.6. The van der Waals surface area contributed by atoms with Crippen LogP contribution in [0.15, 0.2) is 24.3 Å². The first-order chi connectivity index (χ1) is 16.2. The first-order valence-corrected chi connectivity index (χ1v) is 12.0. The summed E-state index contributed by atoms with van der Waals surface area (Å²) in [5, 5.41) is 5.56. The van der Waals surface area contributed by atoms with E-state index in [4.69, 9.17) is 4.74 Å². The molecule has 0 bridgehead atoms. The number of carbonyl (C=O) groups is 5. The summed E-state index contributed by atoms with van der Waals surface area (Å²) >= 11 is 0. The normalized spacial score (nSPS) is 24.3. The van der Waals surface area contributed by atoms with Crippen LogP contribution in [0.5, 0.6) is 0 Å². The van der Waals surface area contributed by atoms with E-state index in [0.717, 1.165) is 11.3 Å². The van der Waals surface area contributed by atoms with Crippen molar-refractivity contribution in [1.82, 2.24) is 10.2 Å². The van der Waals surface area contributed by atoms with Crippen molar-refractivity contribution in [2.45, 2.75) is 72.4 Å². The smallest absolute Gasteiger partial charge is 0.326 e. The maximum Gasteiger partial charge on any atom is 0.326 e. The molecule has 190 valence electrons. The largest absolute Gasteiger partial charge is 0.453 e. The van der Waals surface area contributed by atoms with Gasteiger partial charge < -0.3 is 15.4 Å². The summed E-state index contributed by atoms with van der Waals surface area (Å²) in [5.74, 6) is -1.76. The molecule has 0 aromatic heterocycles. The highest BCUT2D eigenvalue weighted by Crippen LogP contribution is 2.46. The van der Waals surface area contributed by atoms with Gasteiger partial charge in [-0.1, -0.05) is 34.6 Å². The Morgan fingerprint density at radius 2 is 1.74 bits per heavy atom. The number of ether oxygens (including phenoxy) is 1. The van der Waals surface area contributed by atoms with Crippen molar-refractivity contribution < 1.29 is 28.7 Å². The third-order valence-corrected chi connectivity index (χ3v) is 6.55. The Morgan fingerprint density at radius 1 is 1.11 bits per heavy atom. The Labute approximate surface area is 205 Å². The van der Waals surface area contributed by atoms with Crippen LogP contribution < -0.4 is 10.6 Å². The topological polar surface area (TPSA) is 122 Å². The van der Waals surface area contributed by atoms with Crippen molar-refractivity contribution in [3.63, 3.8) is 0 Å². The number of anilines is 1. The number of carbonyl (C=O) groups excluding carboxylic acids is 5. The lowest BCUT2D eigenvalue weighted by Crippen LogP contribution is -2.54. The number of amides is 4. The number of nitrogens with one attached hydrogen (secondary N) is 2. The van der Waals surface area contributed by atoms with Gasteiger partial charge in [-0.2, -0.15) is 0 Å². The van der Waals surface area contributed by atoms with E-state index in [9.17, 15) is 24.0 Å². The number of ketones is 1. The molecule has 1 heterocycles. The molecule has 3 atom stereocenters. The molecule has 9 heteroatoms. The van der Waals surface area contributed by atoms with Crippen molar-refractivity contribution in [2.75, 3.05) is 11.9 Å². The summed E-state index contributed by atoms with van der Waals surface area (Å²) in [6, 6.07) is 5.66. The van der Waals surface area contributed by atoms with Gasteiger partial charge in [-0.05, 0) is 61.8 Å². The number of urea groups is 1. The predicted molar refractivity (Wildman–Crippen MR) is 130 cm³/mol. The SMILES string of the molecule is CC1CC(C)(C)CC2(C1)NC(=O)N(CC(=O)OC(C)C(=O)c1ccc(NC(=O)C(C)C)cc1)C2=O. The average Bonchev–Trinajstić information content (AvgIpc) is 2.95. The molecule has 3 unspecified atom stereocenters. The predicted octanol–water partition coefficient (Wildman–Crippen LogP) is 3.53. The second-order valence-electron chi connectivity index (χ2n) is 11.0. The Bertz CT molecular complexity index is 1030. The molecule has 9 nitrogen and oxygen atoms in total. The van der Waals surface area contributed by atoms with Gasteiger partial charge in [0.2, 0.25) is 11.7 Å². The van der Waals surface area contributed by atoms with Gasteiger partial charge in [-0.15, -0.1) is 0 Å². The number of hydrogen-bond acceptors (Lipinski definition) is 6. The first kappa shape index (κ1) is 26.4. The fourth-order valence-electron chi connectivity index (χ4n) is 5.31. The van der Waals surface area contributed by atoms with Crippen LogP contribution in [-0.4, -0.2) is 52.7 Å². The summed E-state index contributed by atoms with van der Waals surface area (Å²) in [6.07, 6.45) is 0.866. The lowest BCUT2D eigenvalue weighted by Gasteiger charge is -2.43. The van der Waals surface area contributed by atoms with E-state index < -0.39 is 41.9 Å². The van der Waals surface area contributed by atoms with E-state index in [1.165, 1.54) is 19.1 Å². The van der Waals surface area contributed by atoms with Gasteiger partial charge in [0.1, 0.15) is 12.1 Å². The van der Waals surface area contributed by atoms with Crippen molar-refractivity contribution in [3.05, 3.63) is 29.8 Å². The molecule has 1 saturated heterocycles. The first-order valence-electron chi connectivity index (χ1n) is 12.0. The van der Waals surface area contributed by atoms with Crippen LogP contribution >= 0.6 is 0 Å². The molecule has 0 radical (unpaired) electrons. The van der Waals surface area contributed by atoms with Crippen molar-refractivity contribution in [2.24, 2.45) is 17.3 Å². The molecule has 1 aromatic rings. The van der Waals surface area contributed by atoms with E-state index in [1.807, 2.05) is 0 Å². The molecule has 2 fully saturated rings. The van der Waals surface area contributed by atoms with Crippen molar-refractivity contribution >= 4 is 35.3 Å². The Balaban J connectivity index is 1.60. The molecule has 2 N–H and O–H groups in total. The molecule has 3 rings (SSSR count). The van der Waals surface area contributed by atoms with Gasteiger partial charge in [-0.25, -0.2) is 4.79 Å². The quantitative estimate of drug-likeness (QED) is 0.346. The van der Waals surface area contributed by atoms with Gasteiger partial charge in [0.15, 0.2) is 6.10 Å². The Hall–Kier alpha value is -3.23. The standard InChI is InChI=1S/C26H35N3O6/c1-15(2)22(32)27-19-9-7-18(8-10-19)21(31)17(4)35-20(30)13-29-23(33)26(28-24(29)34)12-16(3)11-25(5,6)14-26/h7-10,15-17H,11-14H2,1-6H3,(H,27,32)(H,28,34). The summed E-state index contributed by atoms with van der Waals surface area (Å²) in [4.78, 5) is 63.7. The number of imide groups is 1. The monoisotopic (exact) mass is 485 g/mol. The van der Waals surface area contributed by atoms with E-state index >= 15 is 0 Å². The van der Waals surface area contributed by atoms with Crippen molar-refractivity contribution in [1.29, 1.82) is 0 Å². The molecule has 1 saturated carbocycles. The number of hydrogen-bond donors (Lipinski definition) is 2. The van der Waals surface area contributed by atoms with Gasteiger partial charge >= 0.3 is 12.0 Å². The number of rotatable bonds is 7. The average molecular weight is 486 g/mol. The molecule has 1 aliphatic heterocycles.